The zero-order chi connectivity index (χ0) is 14.1. The highest BCUT2D eigenvalue weighted by Gasteiger charge is 2.20. The van der Waals surface area contributed by atoms with Gasteiger partial charge in [-0.25, -0.2) is 4.98 Å². The molecule has 5 nitrogen and oxygen atoms in total. The molecular formula is C15H18N2O3. The van der Waals surface area contributed by atoms with Gasteiger partial charge in [0.05, 0.1) is 25.1 Å². The van der Waals surface area contributed by atoms with Crippen LogP contribution in [0.2, 0.25) is 0 Å². The smallest absolute Gasteiger partial charge is 0.258 e. The predicted octanol–water partition coefficient (Wildman–Crippen LogP) is 2.60. The summed E-state index contributed by atoms with van der Waals surface area (Å²) in [5.74, 6) is 2.31. The van der Waals surface area contributed by atoms with Crippen LogP contribution < -0.4 is 15.0 Å². The van der Waals surface area contributed by atoms with Gasteiger partial charge in [0, 0.05) is 12.0 Å². The Kier molecular flexibility index (Phi) is 3.34. The number of aromatic amines is 1. The molecular weight excluding hydrogens is 256 g/mol. The molecule has 0 bridgehead atoms. The van der Waals surface area contributed by atoms with E-state index in [0.717, 1.165) is 18.7 Å². The second-order valence-electron chi connectivity index (χ2n) is 5.16. The van der Waals surface area contributed by atoms with E-state index in [-0.39, 0.29) is 5.56 Å². The maximum atomic E-state index is 12.2. The zero-order valence-electron chi connectivity index (χ0n) is 11.7. The summed E-state index contributed by atoms with van der Waals surface area (Å²) in [6, 6.07) is 3.44. The Morgan fingerprint density at radius 1 is 1.15 bits per heavy atom. The van der Waals surface area contributed by atoms with Crippen LogP contribution in [-0.4, -0.2) is 24.2 Å². The first-order chi connectivity index (χ1) is 9.72. The molecule has 1 saturated carbocycles. The van der Waals surface area contributed by atoms with Crippen molar-refractivity contribution in [2.45, 2.75) is 31.6 Å². The number of ether oxygens (including phenoxy) is 2. The summed E-state index contributed by atoms with van der Waals surface area (Å²) in [4.78, 5) is 19.8. The monoisotopic (exact) mass is 274 g/mol. The lowest BCUT2D eigenvalue weighted by Crippen LogP contribution is -2.14. The first-order valence-corrected chi connectivity index (χ1v) is 6.89. The molecule has 0 unspecified atom stereocenters. The Labute approximate surface area is 116 Å². The van der Waals surface area contributed by atoms with Crippen molar-refractivity contribution < 1.29 is 9.47 Å². The third kappa shape index (κ3) is 2.13. The fourth-order valence-electron chi connectivity index (χ4n) is 2.88. The Morgan fingerprint density at radius 3 is 2.45 bits per heavy atom. The summed E-state index contributed by atoms with van der Waals surface area (Å²) in [7, 11) is 3.13. The van der Waals surface area contributed by atoms with Gasteiger partial charge in [0.15, 0.2) is 11.5 Å². The summed E-state index contributed by atoms with van der Waals surface area (Å²) in [5, 5.41) is 0.532. The van der Waals surface area contributed by atoms with E-state index in [9.17, 15) is 4.79 Å². The molecule has 20 heavy (non-hydrogen) atoms. The molecule has 0 radical (unpaired) electrons. The Morgan fingerprint density at radius 2 is 1.80 bits per heavy atom. The van der Waals surface area contributed by atoms with E-state index in [2.05, 4.69) is 9.97 Å². The van der Waals surface area contributed by atoms with Gasteiger partial charge in [0.25, 0.3) is 5.56 Å². The zero-order valence-corrected chi connectivity index (χ0v) is 11.7. The van der Waals surface area contributed by atoms with Crippen LogP contribution in [0.1, 0.15) is 37.4 Å². The summed E-state index contributed by atoms with van der Waals surface area (Å²) in [5.41, 5.74) is 0.547. The van der Waals surface area contributed by atoms with Crippen molar-refractivity contribution in [1.29, 1.82) is 0 Å². The number of hydrogen-bond donors (Lipinski definition) is 1. The molecule has 1 heterocycles. The maximum absolute atomic E-state index is 12.2. The molecule has 3 rings (SSSR count). The van der Waals surface area contributed by atoms with Gasteiger partial charge in [0.1, 0.15) is 5.82 Å². The van der Waals surface area contributed by atoms with Crippen LogP contribution in [0.4, 0.5) is 0 Å². The van der Waals surface area contributed by atoms with Crippen LogP contribution in [-0.2, 0) is 0 Å². The molecule has 0 aliphatic heterocycles. The van der Waals surface area contributed by atoms with E-state index in [1.165, 1.54) is 12.8 Å². The normalized spacial score (nSPS) is 15.7. The van der Waals surface area contributed by atoms with Crippen LogP contribution in [0.25, 0.3) is 10.9 Å². The molecule has 0 saturated heterocycles. The molecule has 0 spiro atoms. The number of benzene rings is 1. The lowest BCUT2D eigenvalue weighted by molar-refractivity contribution is 0.355. The molecule has 5 heteroatoms. The topological polar surface area (TPSA) is 64.2 Å². The van der Waals surface area contributed by atoms with Crippen molar-refractivity contribution in [3.63, 3.8) is 0 Å². The van der Waals surface area contributed by atoms with Gasteiger partial charge in [-0.3, -0.25) is 4.79 Å². The number of rotatable bonds is 3. The summed E-state index contributed by atoms with van der Waals surface area (Å²) in [6.07, 6.45) is 4.61. The number of nitrogens with zero attached hydrogens (tertiary/aromatic N) is 1. The fourth-order valence-corrected chi connectivity index (χ4v) is 2.88. The first kappa shape index (κ1) is 13.0. The third-order valence-electron chi connectivity index (χ3n) is 3.97. The van der Waals surface area contributed by atoms with E-state index in [4.69, 9.17) is 9.47 Å². The molecule has 106 valence electrons. The predicted molar refractivity (Wildman–Crippen MR) is 76.7 cm³/mol. The van der Waals surface area contributed by atoms with Crippen molar-refractivity contribution in [2.24, 2.45) is 0 Å². The number of methoxy groups -OCH3 is 2. The van der Waals surface area contributed by atoms with Crippen molar-refractivity contribution in [1.82, 2.24) is 9.97 Å². The van der Waals surface area contributed by atoms with Crippen LogP contribution >= 0.6 is 0 Å². The van der Waals surface area contributed by atoms with Crippen molar-refractivity contribution in [3.8, 4) is 11.5 Å². The lowest BCUT2D eigenvalue weighted by atomic mass is 10.1. The second-order valence-corrected chi connectivity index (χ2v) is 5.16. The molecule has 1 aliphatic carbocycles. The number of aromatic nitrogens is 2. The molecule has 1 aliphatic rings. The van der Waals surface area contributed by atoms with Gasteiger partial charge >= 0.3 is 0 Å². The van der Waals surface area contributed by atoms with Crippen LogP contribution in [0.3, 0.4) is 0 Å². The standard InChI is InChI=1S/C15H18N2O3/c1-19-12-7-10-11(8-13(12)20-2)16-14(17-15(10)18)9-5-3-4-6-9/h7-9H,3-6H2,1-2H3,(H,16,17,18). The average molecular weight is 274 g/mol. The van der Waals surface area contributed by atoms with Crippen molar-refractivity contribution >= 4 is 10.9 Å². The third-order valence-corrected chi connectivity index (χ3v) is 3.97. The highest BCUT2D eigenvalue weighted by atomic mass is 16.5. The molecule has 0 atom stereocenters. The molecule has 0 amide bonds. The van der Waals surface area contributed by atoms with Gasteiger partial charge < -0.3 is 14.5 Å². The minimum Gasteiger partial charge on any atom is -0.493 e. The minimum atomic E-state index is -0.113. The summed E-state index contributed by atoms with van der Waals surface area (Å²) >= 11 is 0. The van der Waals surface area contributed by atoms with Crippen molar-refractivity contribution in [2.75, 3.05) is 14.2 Å². The van der Waals surface area contributed by atoms with E-state index >= 15 is 0 Å². The van der Waals surface area contributed by atoms with Crippen molar-refractivity contribution in [3.05, 3.63) is 28.3 Å². The van der Waals surface area contributed by atoms with Gasteiger partial charge in [-0.1, -0.05) is 12.8 Å². The van der Waals surface area contributed by atoms with E-state index in [1.54, 1.807) is 26.4 Å². The van der Waals surface area contributed by atoms with Gasteiger partial charge in [-0.05, 0) is 18.9 Å². The van der Waals surface area contributed by atoms with E-state index in [0.29, 0.717) is 28.3 Å². The van der Waals surface area contributed by atoms with Crippen LogP contribution in [0.5, 0.6) is 11.5 Å². The van der Waals surface area contributed by atoms with E-state index in [1.807, 2.05) is 0 Å². The highest BCUT2D eigenvalue weighted by molar-refractivity contribution is 5.81. The number of nitrogens with one attached hydrogen (secondary N) is 1. The second kappa shape index (κ2) is 5.15. The highest BCUT2D eigenvalue weighted by Crippen LogP contribution is 2.34. The quantitative estimate of drug-likeness (QED) is 0.934. The Hall–Kier alpha value is -2.04. The molecule has 1 fully saturated rings. The van der Waals surface area contributed by atoms with Crippen LogP contribution in [0.15, 0.2) is 16.9 Å². The number of hydrogen-bond acceptors (Lipinski definition) is 4. The average Bonchev–Trinajstić information content (AvgIpc) is 3.00. The molecule has 1 aromatic carbocycles. The summed E-state index contributed by atoms with van der Waals surface area (Å²) in [6.45, 7) is 0. The Balaban J connectivity index is 2.17. The SMILES string of the molecule is COc1cc2nc(C3CCCC3)[nH]c(=O)c2cc1OC. The van der Waals surface area contributed by atoms with E-state index < -0.39 is 0 Å². The fraction of sp³-hybridized carbons (Fsp3) is 0.467. The number of fused-ring (bicyclic) bond motifs is 1. The lowest BCUT2D eigenvalue weighted by Gasteiger charge is -2.11. The summed E-state index contributed by atoms with van der Waals surface area (Å²) < 4.78 is 10.5. The minimum absolute atomic E-state index is 0.113. The first-order valence-electron chi connectivity index (χ1n) is 6.89. The molecule has 2 aromatic rings. The largest absolute Gasteiger partial charge is 0.493 e. The van der Waals surface area contributed by atoms with Gasteiger partial charge in [-0.15, -0.1) is 0 Å². The molecule has 1 N–H and O–H groups in total. The van der Waals surface area contributed by atoms with Crippen LogP contribution in [0, 0.1) is 0 Å². The Bertz CT molecular complexity index is 687. The number of H-pyrrole nitrogens is 1. The van der Waals surface area contributed by atoms with Gasteiger partial charge in [-0.2, -0.15) is 0 Å². The maximum Gasteiger partial charge on any atom is 0.258 e. The molecule has 1 aromatic heterocycles. The van der Waals surface area contributed by atoms with Gasteiger partial charge in [0.2, 0.25) is 0 Å².